The molecule has 2 heteroatoms. The molecule has 1 spiro atoms. The summed E-state index contributed by atoms with van der Waals surface area (Å²) in [6, 6.07) is 58.4. The lowest BCUT2D eigenvalue weighted by Crippen LogP contribution is -2.30. The number of rotatable bonds is 4. The molecule has 4 aliphatic carbocycles. The molecule has 4 atom stereocenters. The molecule has 0 fully saturated rings. The number of benzene rings is 7. The Bertz CT molecular complexity index is 2820. The minimum Gasteiger partial charge on any atom is -0.454 e. The number of nitrogens with zero attached hydrogens (tertiary/aromatic N) is 1. The maximum absolute atomic E-state index is 6.55. The van der Waals surface area contributed by atoms with E-state index >= 15 is 0 Å². The Labute approximate surface area is 309 Å². The molecule has 1 aromatic heterocycles. The van der Waals surface area contributed by atoms with Crippen LogP contribution in [0.2, 0.25) is 0 Å². The number of para-hydroxylation sites is 3. The Balaban J connectivity index is 1.02. The largest absolute Gasteiger partial charge is 0.454 e. The molecule has 7 aromatic carbocycles. The Morgan fingerprint density at radius 3 is 2.25 bits per heavy atom. The predicted octanol–water partition coefficient (Wildman–Crippen LogP) is 13.6. The van der Waals surface area contributed by atoms with Crippen LogP contribution in [0.15, 0.2) is 168 Å². The number of anilines is 3. The van der Waals surface area contributed by atoms with Crippen LogP contribution in [0.4, 0.5) is 17.1 Å². The minimum absolute atomic E-state index is 0.141. The van der Waals surface area contributed by atoms with Crippen molar-refractivity contribution in [3.05, 3.63) is 192 Å². The van der Waals surface area contributed by atoms with Gasteiger partial charge in [-0.1, -0.05) is 128 Å². The van der Waals surface area contributed by atoms with E-state index < -0.39 is 0 Å². The highest BCUT2D eigenvalue weighted by Crippen LogP contribution is 2.73. The van der Waals surface area contributed by atoms with Gasteiger partial charge in [-0.05, 0) is 123 Å². The fraction of sp³-hybridized carbons (Fsp3) is 0.137. The molecule has 8 aromatic rings. The van der Waals surface area contributed by atoms with Crippen molar-refractivity contribution in [2.45, 2.75) is 31.1 Å². The van der Waals surface area contributed by atoms with Gasteiger partial charge in [-0.25, -0.2) is 0 Å². The summed E-state index contributed by atoms with van der Waals surface area (Å²) < 4.78 is 6.55. The fourth-order valence-corrected chi connectivity index (χ4v) is 11.1. The van der Waals surface area contributed by atoms with Crippen LogP contribution in [0.3, 0.4) is 0 Å². The lowest BCUT2D eigenvalue weighted by atomic mass is 9.67. The van der Waals surface area contributed by atoms with Crippen molar-refractivity contribution in [3.63, 3.8) is 0 Å². The first-order valence-corrected chi connectivity index (χ1v) is 19.2. The summed E-state index contributed by atoms with van der Waals surface area (Å²) in [4.78, 5) is 2.32. The third-order valence-corrected chi connectivity index (χ3v) is 13.1. The van der Waals surface area contributed by atoms with Crippen LogP contribution in [0, 0.1) is 11.8 Å². The summed E-state index contributed by atoms with van der Waals surface area (Å²) in [6.07, 6.45) is 5.01. The topological polar surface area (TPSA) is 16.4 Å². The zero-order chi connectivity index (χ0) is 34.8. The van der Waals surface area contributed by atoms with E-state index in [2.05, 4.69) is 170 Å². The quantitative estimate of drug-likeness (QED) is 0.184. The van der Waals surface area contributed by atoms with Crippen molar-refractivity contribution in [2.75, 3.05) is 4.90 Å². The van der Waals surface area contributed by atoms with Crippen molar-refractivity contribution in [3.8, 4) is 22.3 Å². The molecule has 53 heavy (non-hydrogen) atoms. The highest BCUT2D eigenvalue weighted by molar-refractivity contribution is 6.10. The minimum atomic E-state index is -0.141. The molecular formula is C51H37NO. The monoisotopic (exact) mass is 679 g/mol. The van der Waals surface area contributed by atoms with E-state index in [4.69, 9.17) is 4.42 Å². The number of allylic oxidation sites excluding steroid dienone is 2. The summed E-state index contributed by atoms with van der Waals surface area (Å²) in [5.41, 5.74) is 19.4. The van der Waals surface area contributed by atoms with Crippen LogP contribution in [-0.4, -0.2) is 0 Å². The van der Waals surface area contributed by atoms with Gasteiger partial charge in [0, 0.05) is 28.1 Å². The van der Waals surface area contributed by atoms with Gasteiger partial charge in [-0.15, -0.1) is 0 Å². The van der Waals surface area contributed by atoms with Gasteiger partial charge >= 0.3 is 0 Å². The number of hydrogen-bond donors (Lipinski definition) is 0. The van der Waals surface area contributed by atoms with Crippen LogP contribution in [-0.2, 0) is 5.41 Å². The molecule has 0 aliphatic heterocycles. The molecule has 2 nitrogen and oxygen atoms in total. The Hall–Kier alpha value is -6.12. The van der Waals surface area contributed by atoms with Crippen molar-refractivity contribution in [1.82, 2.24) is 0 Å². The highest BCUT2D eigenvalue weighted by atomic mass is 16.3. The fourth-order valence-electron chi connectivity index (χ4n) is 11.1. The van der Waals surface area contributed by atoms with Gasteiger partial charge in [0.05, 0.1) is 11.1 Å². The van der Waals surface area contributed by atoms with Gasteiger partial charge in [-0.2, -0.15) is 0 Å². The first-order valence-electron chi connectivity index (χ1n) is 19.2. The summed E-state index contributed by atoms with van der Waals surface area (Å²) >= 11 is 0. The maximum atomic E-state index is 6.55. The van der Waals surface area contributed by atoms with E-state index in [0.717, 1.165) is 45.4 Å². The summed E-state index contributed by atoms with van der Waals surface area (Å²) in [5.74, 6) is 1.59. The molecule has 0 saturated heterocycles. The van der Waals surface area contributed by atoms with Crippen LogP contribution in [0.5, 0.6) is 0 Å². The third-order valence-electron chi connectivity index (χ3n) is 13.1. The van der Waals surface area contributed by atoms with Crippen LogP contribution < -0.4 is 4.90 Å². The Morgan fingerprint density at radius 2 is 1.34 bits per heavy atom. The molecule has 4 unspecified atom stereocenters. The SMILES string of the molecule is CC1CCC=C2c3cccc4c3C3(c5cc(-c6ccc(N(c7ccccc7)c7cccc8c7oc7ccccc78)cc6)ccc5-4)c4ccccc4C1C23. The van der Waals surface area contributed by atoms with Crippen molar-refractivity contribution >= 4 is 44.6 Å². The van der Waals surface area contributed by atoms with Crippen LogP contribution in [0.1, 0.15) is 53.5 Å². The molecule has 0 N–H and O–H groups in total. The predicted molar refractivity (Wildman–Crippen MR) is 218 cm³/mol. The first-order chi connectivity index (χ1) is 26.2. The maximum Gasteiger partial charge on any atom is 0.159 e. The van der Waals surface area contributed by atoms with Crippen LogP contribution in [0.25, 0.3) is 49.8 Å². The first kappa shape index (κ1) is 29.5. The van der Waals surface area contributed by atoms with Crippen molar-refractivity contribution in [1.29, 1.82) is 0 Å². The average Bonchev–Trinajstić information content (AvgIpc) is 3.88. The number of fused-ring (bicyclic) bond motifs is 8. The van der Waals surface area contributed by atoms with Gasteiger partial charge in [0.15, 0.2) is 5.58 Å². The van der Waals surface area contributed by atoms with E-state index in [1.54, 1.807) is 16.7 Å². The van der Waals surface area contributed by atoms with E-state index in [0.29, 0.717) is 17.8 Å². The summed E-state index contributed by atoms with van der Waals surface area (Å²) in [5, 5.41) is 2.26. The summed E-state index contributed by atoms with van der Waals surface area (Å²) in [6.45, 7) is 2.50. The second-order valence-electron chi connectivity index (χ2n) is 15.6. The number of hydrogen-bond acceptors (Lipinski definition) is 2. The Morgan fingerprint density at radius 1 is 0.604 bits per heavy atom. The average molecular weight is 680 g/mol. The molecule has 12 rings (SSSR count). The van der Waals surface area contributed by atoms with Gasteiger partial charge in [0.25, 0.3) is 0 Å². The third kappa shape index (κ3) is 3.78. The summed E-state index contributed by atoms with van der Waals surface area (Å²) in [7, 11) is 0. The lowest BCUT2D eigenvalue weighted by Gasteiger charge is -2.33. The van der Waals surface area contributed by atoms with E-state index in [-0.39, 0.29) is 5.41 Å². The number of furan rings is 1. The van der Waals surface area contributed by atoms with Crippen LogP contribution >= 0.6 is 0 Å². The molecular weight excluding hydrogens is 643 g/mol. The normalized spacial score (nSPS) is 21.5. The molecule has 4 aliphatic rings. The van der Waals surface area contributed by atoms with E-state index in [1.807, 2.05) is 6.07 Å². The van der Waals surface area contributed by atoms with Crippen molar-refractivity contribution in [2.24, 2.45) is 11.8 Å². The second kappa shape index (κ2) is 10.7. The molecule has 0 bridgehead atoms. The van der Waals surface area contributed by atoms with E-state index in [1.165, 1.54) is 45.4 Å². The molecule has 0 amide bonds. The Kier molecular flexibility index (Phi) is 5.95. The molecule has 0 saturated carbocycles. The van der Waals surface area contributed by atoms with Gasteiger partial charge < -0.3 is 9.32 Å². The standard InChI is InChI=1S/C51H37NO/c1-31-12-9-17-40-39-19-10-18-38-36-29-26-33(30-44(36)51(48(38)39)43-21-7-5-16-42(43)47(31)49(40)51)32-24-27-35(28-25-32)52(34-13-3-2-4-14-34)45-22-11-20-41-37-15-6-8-23-46(37)53-50(41)45/h2-8,10-11,13-31,47,49H,9,12H2,1H3. The molecule has 252 valence electrons. The zero-order valence-corrected chi connectivity index (χ0v) is 29.6. The highest BCUT2D eigenvalue weighted by Gasteiger charge is 2.64. The van der Waals surface area contributed by atoms with Gasteiger partial charge in [0.2, 0.25) is 0 Å². The van der Waals surface area contributed by atoms with Crippen molar-refractivity contribution < 1.29 is 4.42 Å². The molecule has 0 radical (unpaired) electrons. The smallest absolute Gasteiger partial charge is 0.159 e. The van der Waals surface area contributed by atoms with E-state index in [9.17, 15) is 0 Å². The lowest BCUT2D eigenvalue weighted by molar-refractivity contribution is 0.355. The zero-order valence-electron chi connectivity index (χ0n) is 29.6. The van der Waals surface area contributed by atoms with Gasteiger partial charge in [0.1, 0.15) is 5.58 Å². The van der Waals surface area contributed by atoms with Gasteiger partial charge in [-0.3, -0.25) is 0 Å². The molecule has 1 heterocycles. The second-order valence-corrected chi connectivity index (χ2v) is 15.6.